The molecule has 2 rings (SSSR count). The highest BCUT2D eigenvalue weighted by molar-refractivity contribution is 14.0. The van der Waals surface area contributed by atoms with E-state index in [9.17, 15) is 0 Å². The van der Waals surface area contributed by atoms with Crippen molar-refractivity contribution in [1.82, 2.24) is 20.1 Å². The quantitative estimate of drug-likeness (QED) is 0.447. The molecule has 0 aromatic carbocycles. The first-order valence-corrected chi connectivity index (χ1v) is 8.47. The molecule has 0 saturated carbocycles. The molecule has 5 nitrogen and oxygen atoms in total. The highest BCUT2D eigenvalue weighted by atomic mass is 127. The number of hydrogen-bond donors (Lipinski definition) is 1. The van der Waals surface area contributed by atoms with Crippen LogP contribution in [0.2, 0.25) is 0 Å². The first kappa shape index (κ1) is 19.6. The Bertz CT molecular complexity index is 476. The number of aromatic nitrogens is 1. The summed E-state index contributed by atoms with van der Waals surface area (Å²) in [6.07, 6.45) is 2.61. The van der Waals surface area contributed by atoms with Gasteiger partial charge in [0.15, 0.2) is 5.96 Å². The summed E-state index contributed by atoms with van der Waals surface area (Å²) in [4.78, 5) is 13.5. The van der Waals surface area contributed by atoms with Crippen LogP contribution in [0, 0.1) is 12.8 Å². The Kier molecular flexibility index (Phi) is 8.63. The van der Waals surface area contributed by atoms with Gasteiger partial charge in [-0.15, -0.1) is 35.3 Å². The van der Waals surface area contributed by atoms with E-state index in [1.54, 1.807) is 11.3 Å². The van der Waals surface area contributed by atoms with Crippen molar-refractivity contribution in [3.8, 4) is 0 Å². The van der Waals surface area contributed by atoms with Crippen molar-refractivity contribution in [2.45, 2.75) is 26.3 Å². The minimum atomic E-state index is 0. The lowest BCUT2D eigenvalue weighted by atomic mass is 9.99. The Morgan fingerprint density at radius 1 is 1.59 bits per heavy atom. The Hall–Kier alpha value is -0.410. The van der Waals surface area contributed by atoms with Gasteiger partial charge in [0.25, 0.3) is 0 Å². The van der Waals surface area contributed by atoms with Crippen molar-refractivity contribution in [3.63, 3.8) is 0 Å². The van der Waals surface area contributed by atoms with Crippen LogP contribution in [0.4, 0.5) is 0 Å². The summed E-state index contributed by atoms with van der Waals surface area (Å²) in [6.45, 7) is 6.25. The molecule has 1 unspecified atom stereocenters. The highest BCUT2D eigenvalue weighted by Crippen LogP contribution is 2.14. The molecule has 126 valence electrons. The lowest BCUT2D eigenvalue weighted by Crippen LogP contribution is -2.44. The number of guanidine groups is 1. The largest absolute Gasteiger partial charge is 0.356 e. The minimum absolute atomic E-state index is 0. The van der Waals surface area contributed by atoms with Crippen molar-refractivity contribution >= 4 is 41.3 Å². The minimum Gasteiger partial charge on any atom is -0.356 e. The molecule has 2 heterocycles. The lowest BCUT2D eigenvalue weighted by Gasteiger charge is -2.31. The van der Waals surface area contributed by atoms with Crippen molar-refractivity contribution < 1.29 is 0 Å². The molecular formula is C15H28IN5S. The van der Waals surface area contributed by atoms with Gasteiger partial charge in [0.05, 0.1) is 17.2 Å². The Labute approximate surface area is 155 Å². The van der Waals surface area contributed by atoms with Crippen LogP contribution in [0.5, 0.6) is 0 Å². The molecule has 7 heteroatoms. The highest BCUT2D eigenvalue weighted by Gasteiger charge is 2.18. The molecule has 0 bridgehead atoms. The zero-order valence-corrected chi connectivity index (χ0v) is 17.1. The number of rotatable bonds is 4. The van der Waals surface area contributed by atoms with E-state index in [-0.39, 0.29) is 24.0 Å². The first-order chi connectivity index (χ1) is 10.1. The maximum Gasteiger partial charge on any atom is 0.193 e. The molecule has 22 heavy (non-hydrogen) atoms. The summed E-state index contributed by atoms with van der Waals surface area (Å²) >= 11 is 1.70. The third-order valence-electron chi connectivity index (χ3n) is 3.91. The zero-order valence-electron chi connectivity index (χ0n) is 14.0. The summed E-state index contributed by atoms with van der Waals surface area (Å²) in [7, 11) is 6.12. The van der Waals surface area contributed by atoms with E-state index in [0.29, 0.717) is 0 Å². The molecular weight excluding hydrogens is 409 g/mol. The van der Waals surface area contributed by atoms with E-state index in [1.165, 1.54) is 25.9 Å². The normalized spacial score (nSPS) is 19.6. The number of piperidine rings is 1. The second-order valence-corrected chi connectivity index (χ2v) is 6.97. The van der Waals surface area contributed by atoms with E-state index in [4.69, 9.17) is 0 Å². The predicted molar refractivity (Wildman–Crippen MR) is 105 cm³/mol. The van der Waals surface area contributed by atoms with E-state index in [2.05, 4.69) is 44.6 Å². The van der Waals surface area contributed by atoms with Crippen LogP contribution in [0.15, 0.2) is 10.4 Å². The third kappa shape index (κ3) is 6.00. The van der Waals surface area contributed by atoms with Gasteiger partial charge in [0.2, 0.25) is 0 Å². The van der Waals surface area contributed by atoms with Gasteiger partial charge in [-0.25, -0.2) is 4.98 Å². The average Bonchev–Trinajstić information content (AvgIpc) is 2.85. The molecule has 0 radical (unpaired) electrons. The fourth-order valence-electron chi connectivity index (χ4n) is 2.86. The van der Waals surface area contributed by atoms with Crippen LogP contribution in [-0.4, -0.2) is 61.5 Å². The van der Waals surface area contributed by atoms with Gasteiger partial charge in [-0.3, -0.25) is 4.99 Å². The summed E-state index contributed by atoms with van der Waals surface area (Å²) in [6, 6.07) is 0. The van der Waals surface area contributed by atoms with Crippen LogP contribution < -0.4 is 5.32 Å². The van der Waals surface area contributed by atoms with Crippen LogP contribution in [0.1, 0.15) is 23.5 Å². The SMILES string of the molecule is CN=C(NCC1CCCN(C)C1)N(C)Cc1csc(C)n1.I. The van der Waals surface area contributed by atoms with E-state index in [0.717, 1.165) is 35.7 Å². The van der Waals surface area contributed by atoms with Crippen molar-refractivity contribution in [1.29, 1.82) is 0 Å². The first-order valence-electron chi connectivity index (χ1n) is 7.60. The van der Waals surface area contributed by atoms with Gasteiger partial charge in [-0.2, -0.15) is 0 Å². The number of aliphatic imine (C=N–C) groups is 1. The van der Waals surface area contributed by atoms with Crippen LogP contribution >= 0.6 is 35.3 Å². The van der Waals surface area contributed by atoms with Gasteiger partial charge >= 0.3 is 0 Å². The molecule has 1 N–H and O–H groups in total. The van der Waals surface area contributed by atoms with E-state index < -0.39 is 0 Å². The molecule has 1 aromatic rings. The zero-order chi connectivity index (χ0) is 15.2. The van der Waals surface area contributed by atoms with Gasteiger partial charge in [-0.05, 0) is 39.3 Å². The molecule has 1 aliphatic heterocycles. The van der Waals surface area contributed by atoms with Crippen LogP contribution in [0.25, 0.3) is 0 Å². The Balaban J connectivity index is 0.00000242. The molecule has 1 fully saturated rings. The molecule has 0 amide bonds. The summed E-state index contributed by atoms with van der Waals surface area (Å²) in [5.41, 5.74) is 1.11. The van der Waals surface area contributed by atoms with Crippen molar-refractivity contribution in [2.75, 3.05) is 40.8 Å². The van der Waals surface area contributed by atoms with E-state index in [1.807, 2.05) is 14.0 Å². The fraction of sp³-hybridized carbons (Fsp3) is 0.733. The Morgan fingerprint density at radius 3 is 2.95 bits per heavy atom. The van der Waals surface area contributed by atoms with Crippen molar-refractivity contribution in [3.05, 3.63) is 16.1 Å². The molecule has 1 atom stereocenters. The number of thiazole rings is 1. The van der Waals surface area contributed by atoms with Crippen LogP contribution in [0.3, 0.4) is 0 Å². The molecule has 1 aromatic heterocycles. The number of aryl methyl sites for hydroxylation is 1. The second-order valence-electron chi connectivity index (χ2n) is 5.91. The maximum atomic E-state index is 4.51. The van der Waals surface area contributed by atoms with Crippen molar-refractivity contribution in [2.24, 2.45) is 10.9 Å². The standard InChI is InChI=1S/C15H27N5S.HI/c1-12-18-14(11-21-12)10-20(4)15(16-2)17-8-13-6-5-7-19(3)9-13;/h11,13H,5-10H2,1-4H3,(H,16,17);1H. The molecule has 0 aliphatic carbocycles. The Morgan fingerprint density at radius 2 is 2.36 bits per heavy atom. The van der Waals surface area contributed by atoms with Gasteiger partial charge in [0, 0.05) is 32.6 Å². The monoisotopic (exact) mass is 437 g/mol. The third-order valence-corrected chi connectivity index (χ3v) is 4.73. The number of halogens is 1. The number of nitrogens with zero attached hydrogens (tertiary/aromatic N) is 4. The number of likely N-dealkylation sites (tertiary alicyclic amines) is 1. The topological polar surface area (TPSA) is 43.8 Å². The van der Waals surface area contributed by atoms with Gasteiger partial charge in [0.1, 0.15) is 0 Å². The summed E-state index contributed by atoms with van der Waals surface area (Å²) < 4.78 is 0. The average molecular weight is 437 g/mol. The maximum absolute atomic E-state index is 4.51. The summed E-state index contributed by atoms with van der Waals surface area (Å²) in [5.74, 6) is 1.67. The number of nitrogens with one attached hydrogen (secondary N) is 1. The summed E-state index contributed by atoms with van der Waals surface area (Å²) in [5, 5.41) is 6.75. The predicted octanol–water partition coefficient (Wildman–Crippen LogP) is 2.42. The van der Waals surface area contributed by atoms with Crippen LogP contribution in [-0.2, 0) is 6.54 Å². The van der Waals surface area contributed by atoms with Gasteiger partial charge < -0.3 is 15.1 Å². The van der Waals surface area contributed by atoms with E-state index >= 15 is 0 Å². The molecule has 0 spiro atoms. The lowest BCUT2D eigenvalue weighted by molar-refractivity contribution is 0.209. The second kappa shape index (κ2) is 9.67. The number of hydrogen-bond acceptors (Lipinski definition) is 4. The smallest absolute Gasteiger partial charge is 0.193 e. The molecule has 1 saturated heterocycles. The molecule has 1 aliphatic rings. The van der Waals surface area contributed by atoms with Gasteiger partial charge in [-0.1, -0.05) is 0 Å². The fourth-order valence-corrected chi connectivity index (χ4v) is 3.46.